The maximum atomic E-state index is 13.9. The molecule has 17 amide bonds. The number of rotatable bonds is 49. The highest BCUT2D eigenvalue weighted by Gasteiger charge is 2.38. The van der Waals surface area contributed by atoms with Crippen LogP contribution in [0, 0.1) is 17.8 Å². The van der Waals surface area contributed by atoms with Gasteiger partial charge in [0.2, 0.25) is 100 Å². The van der Waals surface area contributed by atoms with E-state index in [0.29, 0.717) is 12.0 Å². The highest BCUT2D eigenvalue weighted by molar-refractivity contribution is 7.80. The molecule has 0 bridgehead atoms. The number of primary amides is 3. The summed E-state index contributed by atoms with van der Waals surface area (Å²) in [5.74, 6) is -20.3. The number of carboxylic acids is 1. The van der Waals surface area contributed by atoms with Gasteiger partial charge in [0, 0.05) is 25.0 Å². The Balaban J connectivity index is 3.01. The van der Waals surface area contributed by atoms with Crippen molar-refractivity contribution in [1.29, 1.82) is 0 Å². The first-order chi connectivity index (χ1) is 49.1. The topological polar surface area (TPSA) is 661 Å². The van der Waals surface area contributed by atoms with Crippen molar-refractivity contribution in [2.24, 2.45) is 40.7 Å². The van der Waals surface area contributed by atoms with E-state index in [0.717, 1.165) is 6.92 Å². The number of amides is 17. The highest BCUT2D eigenvalue weighted by Crippen LogP contribution is 2.14. The van der Waals surface area contributed by atoms with Crippen molar-refractivity contribution < 1.29 is 107 Å². The van der Waals surface area contributed by atoms with E-state index < -0.39 is 261 Å². The molecule has 0 heterocycles. The van der Waals surface area contributed by atoms with Crippen LogP contribution >= 0.6 is 12.6 Å². The van der Waals surface area contributed by atoms with E-state index in [4.69, 9.17) is 22.9 Å². The number of aliphatic hydroxyl groups is 3. The molecule has 0 aliphatic carbocycles. The summed E-state index contributed by atoms with van der Waals surface area (Å²) < 4.78 is 0. The van der Waals surface area contributed by atoms with Gasteiger partial charge < -0.3 is 118 Å². The van der Waals surface area contributed by atoms with E-state index in [-0.39, 0.29) is 31.1 Å². The molecule has 0 unspecified atom stereocenters. The summed E-state index contributed by atoms with van der Waals surface area (Å²) in [4.78, 5) is 234. The molecule has 40 nitrogen and oxygen atoms in total. The van der Waals surface area contributed by atoms with E-state index in [1.807, 2.05) is 13.8 Å². The van der Waals surface area contributed by atoms with Crippen LogP contribution < -0.4 is 97.4 Å². The molecule has 0 saturated heterocycles. The van der Waals surface area contributed by atoms with Crippen LogP contribution in [0.25, 0.3) is 0 Å². The number of nitrogens with two attached hydrogens (primary N) is 4. The van der Waals surface area contributed by atoms with E-state index >= 15 is 0 Å². The second kappa shape index (κ2) is 47.3. The summed E-state index contributed by atoms with van der Waals surface area (Å²) >= 11 is 4.08. The van der Waals surface area contributed by atoms with Crippen LogP contribution in [0.5, 0.6) is 0 Å². The second-order valence-electron chi connectivity index (χ2n) is 25.7. The van der Waals surface area contributed by atoms with Crippen LogP contribution in [-0.4, -0.2) is 244 Å². The molecule has 1 rings (SSSR count). The lowest BCUT2D eigenvalue weighted by Gasteiger charge is -2.29. The van der Waals surface area contributed by atoms with Gasteiger partial charge >= 0.3 is 5.97 Å². The van der Waals surface area contributed by atoms with E-state index in [1.165, 1.54) is 20.8 Å². The molecule has 0 aliphatic heterocycles. The Kier molecular flexibility index (Phi) is 41.8. The number of carbonyl (C=O) groups is 18. The normalized spacial score (nSPS) is 15.4. The molecule has 1 aromatic rings. The zero-order valence-corrected chi connectivity index (χ0v) is 60.9. The fourth-order valence-corrected chi connectivity index (χ4v) is 9.86. The Morgan fingerprint density at radius 3 is 1.29 bits per heavy atom. The first-order valence-electron chi connectivity index (χ1n) is 33.7. The van der Waals surface area contributed by atoms with Crippen LogP contribution in [0.3, 0.4) is 0 Å². The predicted molar refractivity (Wildman–Crippen MR) is 375 cm³/mol. The first kappa shape index (κ1) is 92.9. The number of carbonyl (C=O) groups excluding carboxylic acids is 17. The average molecular weight is 1510 g/mol. The van der Waals surface area contributed by atoms with E-state index in [1.54, 1.807) is 51.1 Å². The van der Waals surface area contributed by atoms with Crippen LogP contribution in [0.2, 0.25) is 0 Å². The van der Waals surface area contributed by atoms with Gasteiger partial charge in [-0.3, -0.25) is 81.5 Å². The molecule has 0 saturated carbocycles. The van der Waals surface area contributed by atoms with Crippen molar-refractivity contribution in [3.63, 3.8) is 0 Å². The molecule has 0 aromatic heterocycles. The number of carboxylic acid groups (broad SMARTS) is 1. The molecule has 0 spiro atoms. The van der Waals surface area contributed by atoms with Crippen LogP contribution in [0.15, 0.2) is 30.3 Å². The maximum Gasteiger partial charge on any atom is 0.326 e. The lowest BCUT2D eigenvalue weighted by atomic mass is 9.97. The zero-order valence-electron chi connectivity index (χ0n) is 60.0. The van der Waals surface area contributed by atoms with Gasteiger partial charge in [-0.15, -0.1) is 0 Å². The summed E-state index contributed by atoms with van der Waals surface area (Å²) in [6, 6.07) is -11.5. The number of nitrogens with one attached hydrogen (secondary N) is 14. The van der Waals surface area contributed by atoms with E-state index in [2.05, 4.69) is 87.1 Å². The highest BCUT2D eigenvalue weighted by atomic mass is 32.1. The SMILES string of the molecule is CC[C@H](C)[C@H](NC(=O)[C@H](CCC(N)=O)NC(=O)[C@H](CS)NC(=O)[C@@H](NC(=O)[C@H](CO)NC(=O)CNC(=O)[C@H](C)NC(=O)CNC(=O)[C@H](C)NC(=O)[C@H](CCC(N)=O)NC(=O)[C@H](CO)NC(=O)[C@H](CC(C)C)NC(=O)[C@H](Cc1ccccc1)NC(=O)[C@@H](N)CC(C)C)[C@@H](C)O)C(=O)N[C@@H](CC(N)=O)C(=O)O. The molecule has 0 fully saturated rings. The lowest BCUT2D eigenvalue weighted by Crippen LogP contribution is -2.62. The van der Waals surface area contributed by atoms with E-state index in [9.17, 15) is 107 Å². The molecule has 105 heavy (non-hydrogen) atoms. The molecule has 0 aliphatic rings. The minimum Gasteiger partial charge on any atom is -0.480 e. The lowest BCUT2D eigenvalue weighted by molar-refractivity contribution is -0.144. The van der Waals surface area contributed by atoms with Crippen molar-refractivity contribution in [3.8, 4) is 0 Å². The fraction of sp³-hybridized carbons (Fsp3) is 0.625. The van der Waals surface area contributed by atoms with Gasteiger partial charge in [0.25, 0.3) is 0 Å². The van der Waals surface area contributed by atoms with Gasteiger partial charge in [-0.2, -0.15) is 12.6 Å². The van der Waals surface area contributed by atoms with Crippen molar-refractivity contribution in [2.45, 2.75) is 205 Å². The third kappa shape index (κ3) is 35.3. The van der Waals surface area contributed by atoms with Gasteiger partial charge in [-0.05, 0) is 69.8 Å². The van der Waals surface area contributed by atoms with Crippen LogP contribution in [0.1, 0.15) is 119 Å². The Morgan fingerprint density at radius 1 is 0.429 bits per heavy atom. The number of aliphatic carboxylic acids is 1. The van der Waals surface area contributed by atoms with Gasteiger partial charge in [-0.25, -0.2) is 4.79 Å². The largest absolute Gasteiger partial charge is 0.480 e. The van der Waals surface area contributed by atoms with Gasteiger partial charge in [0.05, 0.1) is 44.9 Å². The molecule has 588 valence electrons. The summed E-state index contributed by atoms with van der Waals surface area (Å²) in [7, 11) is 0. The zero-order chi connectivity index (χ0) is 80.1. The summed E-state index contributed by atoms with van der Waals surface area (Å²) in [5.41, 5.74) is 22.5. The quantitative estimate of drug-likeness (QED) is 0.0269. The number of benzene rings is 1. The molecular formula is C64H104N18O22S. The molecule has 41 heteroatoms. The Morgan fingerprint density at radius 2 is 0.819 bits per heavy atom. The Bertz CT molecular complexity index is 3200. The number of aliphatic hydroxyl groups excluding tert-OH is 3. The number of hydrogen-bond donors (Lipinski definition) is 23. The Hall–Kier alpha value is -10.1. The fourth-order valence-electron chi connectivity index (χ4n) is 9.60. The monoisotopic (exact) mass is 1510 g/mol. The minimum atomic E-state index is -1.93. The maximum absolute atomic E-state index is 13.9. The molecular weight excluding hydrogens is 1400 g/mol. The Labute approximate surface area is 611 Å². The predicted octanol–water partition coefficient (Wildman–Crippen LogP) is -9.43. The number of thiol groups is 1. The summed E-state index contributed by atoms with van der Waals surface area (Å²) in [6.07, 6.45) is -3.91. The summed E-state index contributed by atoms with van der Waals surface area (Å²) in [5, 5.41) is 72.5. The van der Waals surface area contributed by atoms with Crippen molar-refractivity contribution in [3.05, 3.63) is 35.9 Å². The summed E-state index contributed by atoms with van der Waals surface area (Å²) in [6.45, 7) is 9.87. The van der Waals surface area contributed by atoms with Crippen molar-refractivity contribution in [1.82, 2.24) is 74.4 Å². The van der Waals surface area contributed by atoms with Crippen molar-refractivity contribution in [2.75, 3.05) is 32.1 Å². The van der Waals surface area contributed by atoms with Crippen LogP contribution in [-0.2, 0) is 92.7 Å². The molecule has 15 atom stereocenters. The average Bonchev–Trinajstić information content (AvgIpc) is 0.860. The molecule has 0 radical (unpaired) electrons. The van der Waals surface area contributed by atoms with Gasteiger partial charge in [-0.1, -0.05) is 78.3 Å². The molecule has 1 aromatic carbocycles. The first-order valence-corrected chi connectivity index (χ1v) is 34.3. The van der Waals surface area contributed by atoms with Gasteiger partial charge in [0.1, 0.15) is 72.5 Å². The standard InChI is InChI=1S/C64H104N18O22S/c1-10-31(6)50(62(101)78-41(64(103)104)23-47(68)88)81-56(95)38(17-19-46(67)87)75-61(100)44(28-105)80-63(102)51(34(9)85)82-60(99)42(26-83)73-49(90)25-70-52(91)32(7)71-48(89)24-69-53(92)33(8)72-55(94)37(16-18-45(66)86)74-59(98)43(27-84)79-57(96)39(21-30(4)5)77-58(97)40(22-35-14-12-11-13-15-35)76-54(93)36(65)20-29(2)3/h11-15,29-34,36-44,50-51,83-85,105H,10,16-28,65H2,1-9H3,(H2,66,86)(H2,67,87)(H2,68,88)(H,69,92)(H,70,91)(H,71,89)(H,72,94)(H,73,90)(H,74,98)(H,75,100)(H,76,93)(H,77,97)(H,78,101)(H,79,96)(H,80,102)(H,81,95)(H,82,99)(H,103,104)/t31-,32-,33-,34+,36-,37-,38-,39-,40-,41-,42-,43-,44-,50-,51-/m0/s1. The molecule has 26 N–H and O–H groups in total. The number of hydrogen-bond acceptors (Lipinski definition) is 23. The second-order valence-corrected chi connectivity index (χ2v) is 26.1. The van der Waals surface area contributed by atoms with Crippen molar-refractivity contribution >= 4 is 119 Å². The minimum absolute atomic E-state index is 0.00973. The van der Waals surface area contributed by atoms with Crippen LogP contribution in [0.4, 0.5) is 0 Å². The third-order valence-corrected chi connectivity index (χ3v) is 16.0. The smallest absolute Gasteiger partial charge is 0.326 e. The third-order valence-electron chi connectivity index (χ3n) is 15.7. The van der Waals surface area contributed by atoms with Gasteiger partial charge in [0.15, 0.2) is 0 Å².